The third-order valence-corrected chi connectivity index (χ3v) is 8.23. The number of hydrogen-bond acceptors (Lipinski definition) is 6. The average molecular weight is 595 g/mol. The van der Waals surface area contributed by atoms with Crippen molar-refractivity contribution in [3.63, 3.8) is 0 Å². The first kappa shape index (κ1) is 23.3. The molecule has 1 amide bonds. The first-order valence-corrected chi connectivity index (χ1v) is 12.5. The van der Waals surface area contributed by atoms with Crippen LogP contribution in [0.4, 0.5) is 0 Å². The number of imidazole rings is 1. The number of nitrogens with zero attached hydrogens (tertiary/aromatic N) is 1. The van der Waals surface area contributed by atoms with Gasteiger partial charge in [0.2, 0.25) is 0 Å². The Balaban J connectivity index is 1.82. The van der Waals surface area contributed by atoms with Gasteiger partial charge in [0.15, 0.2) is 11.5 Å². The van der Waals surface area contributed by atoms with Crippen LogP contribution in [0.3, 0.4) is 0 Å². The van der Waals surface area contributed by atoms with Gasteiger partial charge in [-0.15, -0.1) is 0 Å². The van der Waals surface area contributed by atoms with E-state index in [4.69, 9.17) is 14.7 Å². The van der Waals surface area contributed by atoms with Crippen molar-refractivity contribution in [3.05, 3.63) is 68.6 Å². The van der Waals surface area contributed by atoms with Gasteiger partial charge in [0.1, 0.15) is 16.2 Å². The Morgan fingerprint density at radius 1 is 1.09 bits per heavy atom. The van der Waals surface area contributed by atoms with Gasteiger partial charge in [0, 0.05) is 10.0 Å². The molecule has 0 radical (unpaired) electrons. The summed E-state index contributed by atoms with van der Waals surface area (Å²) in [5.74, 6) is -0.0481. The van der Waals surface area contributed by atoms with Crippen LogP contribution in [0.5, 0.6) is 11.5 Å². The van der Waals surface area contributed by atoms with Gasteiger partial charge in [-0.1, -0.05) is 23.8 Å². The molecule has 0 spiro atoms. The number of benzene rings is 3. The highest BCUT2D eigenvalue weighted by Crippen LogP contribution is 2.46. The second kappa shape index (κ2) is 8.81. The summed E-state index contributed by atoms with van der Waals surface area (Å²) in [4.78, 5) is 19.4. The number of halogens is 2. The largest absolute Gasteiger partial charge is 0.493 e. The number of carbonyl (C=O) groups is 1. The molecular formula is C22H17Br2N3O5S. The summed E-state index contributed by atoms with van der Waals surface area (Å²) in [7, 11) is -2.72. The molecular weight excluding hydrogens is 578 g/mol. The standard InChI is InChI=1S/C22H17Br2N3O5S/c1-11-6-8-12(9-7-11)33(29,30)32-20-16(31-2)10-14(17(23)18(20)24)22-26-15-5-3-4-13(21(25)28)19(15)27-22/h3-10H,1-2H3,(H2,25,28)(H,26,27). The Morgan fingerprint density at radius 3 is 2.42 bits per heavy atom. The van der Waals surface area contributed by atoms with Gasteiger partial charge in [0.25, 0.3) is 5.91 Å². The Morgan fingerprint density at radius 2 is 1.79 bits per heavy atom. The summed E-state index contributed by atoms with van der Waals surface area (Å²) in [5.41, 5.74) is 8.24. The number of aromatic amines is 1. The molecule has 3 N–H and O–H groups in total. The highest BCUT2D eigenvalue weighted by molar-refractivity contribution is 9.13. The Bertz CT molecular complexity index is 1500. The van der Waals surface area contributed by atoms with Gasteiger partial charge < -0.3 is 19.6 Å². The zero-order chi connectivity index (χ0) is 23.9. The lowest BCUT2D eigenvalue weighted by Crippen LogP contribution is -2.11. The predicted molar refractivity (Wildman–Crippen MR) is 131 cm³/mol. The van der Waals surface area contributed by atoms with Crippen molar-refractivity contribution in [2.45, 2.75) is 11.8 Å². The van der Waals surface area contributed by atoms with Gasteiger partial charge in [-0.25, -0.2) is 4.98 Å². The number of aryl methyl sites for hydroxylation is 1. The van der Waals surface area contributed by atoms with E-state index in [-0.39, 0.29) is 22.0 Å². The first-order chi connectivity index (χ1) is 15.6. The van der Waals surface area contributed by atoms with E-state index in [2.05, 4.69) is 41.8 Å². The number of carbonyl (C=O) groups excluding carboxylic acids is 1. The predicted octanol–water partition coefficient (Wildman–Crippen LogP) is 4.94. The van der Waals surface area contributed by atoms with Crippen LogP contribution in [-0.4, -0.2) is 31.4 Å². The fourth-order valence-electron chi connectivity index (χ4n) is 3.21. The zero-order valence-electron chi connectivity index (χ0n) is 17.3. The second-order valence-corrected chi connectivity index (χ2v) is 10.2. The molecule has 0 unspecified atom stereocenters. The van der Waals surface area contributed by atoms with Crippen molar-refractivity contribution in [2.75, 3.05) is 7.11 Å². The van der Waals surface area contributed by atoms with Crippen LogP contribution in [0.15, 0.2) is 62.4 Å². The van der Waals surface area contributed by atoms with Crippen LogP contribution in [0.1, 0.15) is 15.9 Å². The van der Waals surface area contributed by atoms with Crippen molar-refractivity contribution in [1.29, 1.82) is 0 Å². The van der Waals surface area contributed by atoms with Gasteiger partial charge in [0.05, 0.1) is 22.7 Å². The molecule has 1 aromatic heterocycles. The molecule has 0 aliphatic heterocycles. The van der Waals surface area contributed by atoms with Crippen molar-refractivity contribution >= 4 is 58.9 Å². The van der Waals surface area contributed by atoms with Gasteiger partial charge in [-0.05, 0) is 69.1 Å². The number of H-pyrrole nitrogens is 1. The summed E-state index contributed by atoms with van der Waals surface area (Å²) < 4.78 is 37.3. The number of aromatic nitrogens is 2. The Labute approximate surface area is 206 Å². The van der Waals surface area contributed by atoms with Crippen LogP contribution in [-0.2, 0) is 10.1 Å². The number of nitrogens with one attached hydrogen (secondary N) is 1. The number of fused-ring (bicyclic) bond motifs is 1. The summed E-state index contributed by atoms with van der Waals surface area (Å²) in [5, 5.41) is 0. The average Bonchev–Trinajstić information content (AvgIpc) is 3.21. The number of nitrogens with two attached hydrogens (primary N) is 1. The van der Waals surface area contributed by atoms with E-state index in [1.54, 1.807) is 36.4 Å². The highest BCUT2D eigenvalue weighted by Gasteiger charge is 2.26. The summed E-state index contributed by atoms with van der Waals surface area (Å²) in [6, 6.07) is 12.9. The van der Waals surface area contributed by atoms with Crippen LogP contribution in [0.2, 0.25) is 0 Å². The smallest absolute Gasteiger partial charge is 0.339 e. The fraction of sp³-hybridized carbons (Fsp3) is 0.0909. The molecule has 3 aromatic carbocycles. The normalized spacial score (nSPS) is 11.5. The SMILES string of the molecule is COc1cc(-c2nc3c(C(N)=O)cccc3[nH]2)c(Br)c(Br)c1OS(=O)(=O)c1ccc(C)cc1. The van der Waals surface area contributed by atoms with Crippen LogP contribution >= 0.6 is 31.9 Å². The van der Waals surface area contributed by atoms with E-state index in [0.29, 0.717) is 31.4 Å². The molecule has 4 aromatic rings. The first-order valence-electron chi connectivity index (χ1n) is 9.48. The van der Waals surface area contributed by atoms with Crippen molar-refractivity contribution in [2.24, 2.45) is 5.73 Å². The quantitative estimate of drug-likeness (QED) is 0.305. The molecule has 33 heavy (non-hydrogen) atoms. The van der Waals surface area contributed by atoms with Crippen molar-refractivity contribution in [3.8, 4) is 22.9 Å². The molecule has 0 fully saturated rings. The summed E-state index contributed by atoms with van der Waals surface area (Å²) >= 11 is 6.89. The zero-order valence-corrected chi connectivity index (χ0v) is 21.3. The molecule has 0 aliphatic carbocycles. The molecule has 1 heterocycles. The second-order valence-electron chi connectivity index (χ2n) is 7.09. The highest BCUT2D eigenvalue weighted by atomic mass is 79.9. The maximum absolute atomic E-state index is 12.8. The number of primary amides is 1. The summed E-state index contributed by atoms with van der Waals surface area (Å²) in [6.45, 7) is 1.86. The molecule has 0 saturated heterocycles. The third kappa shape index (κ3) is 4.35. The monoisotopic (exact) mass is 593 g/mol. The molecule has 170 valence electrons. The van der Waals surface area contributed by atoms with Crippen LogP contribution in [0.25, 0.3) is 22.4 Å². The number of amides is 1. The van der Waals surface area contributed by atoms with Gasteiger partial charge in [-0.3, -0.25) is 4.79 Å². The molecule has 8 nitrogen and oxygen atoms in total. The van der Waals surface area contributed by atoms with E-state index in [0.717, 1.165) is 5.56 Å². The maximum atomic E-state index is 12.8. The molecule has 11 heteroatoms. The third-order valence-electron chi connectivity index (χ3n) is 4.88. The van der Waals surface area contributed by atoms with E-state index < -0.39 is 16.0 Å². The van der Waals surface area contributed by atoms with E-state index >= 15 is 0 Å². The summed E-state index contributed by atoms with van der Waals surface area (Å²) in [6.07, 6.45) is 0. The van der Waals surface area contributed by atoms with Crippen molar-refractivity contribution in [1.82, 2.24) is 9.97 Å². The van der Waals surface area contributed by atoms with E-state index in [1.165, 1.54) is 19.2 Å². The van der Waals surface area contributed by atoms with E-state index in [1.807, 2.05) is 6.92 Å². The number of para-hydroxylation sites is 1. The lowest BCUT2D eigenvalue weighted by atomic mass is 10.2. The lowest BCUT2D eigenvalue weighted by Gasteiger charge is -2.15. The van der Waals surface area contributed by atoms with Crippen LogP contribution in [0, 0.1) is 6.92 Å². The van der Waals surface area contributed by atoms with Gasteiger partial charge >= 0.3 is 10.1 Å². The number of rotatable bonds is 6. The minimum Gasteiger partial charge on any atom is -0.493 e. The van der Waals surface area contributed by atoms with E-state index in [9.17, 15) is 13.2 Å². The minimum atomic E-state index is -4.12. The number of ether oxygens (including phenoxy) is 1. The lowest BCUT2D eigenvalue weighted by molar-refractivity contribution is 0.100. The molecule has 0 atom stereocenters. The van der Waals surface area contributed by atoms with Crippen LogP contribution < -0.4 is 14.7 Å². The molecule has 0 aliphatic rings. The van der Waals surface area contributed by atoms with Crippen molar-refractivity contribution < 1.29 is 22.1 Å². The molecule has 0 saturated carbocycles. The fourth-order valence-corrected chi connectivity index (χ4v) is 5.24. The Hall–Kier alpha value is -2.89. The minimum absolute atomic E-state index is 0.0125. The number of methoxy groups -OCH3 is 1. The maximum Gasteiger partial charge on any atom is 0.339 e. The number of hydrogen-bond donors (Lipinski definition) is 2. The topological polar surface area (TPSA) is 124 Å². The molecule has 4 rings (SSSR count). The van der Waals surface area contributed by atoms with Gasteiger partial charge in [-0.2, -0.15) is 8.42 Å². The Kier molecular flexibility index (Phi) is 6.21. The molecule has 0 bridgehead atoms.